The molecule has 0 aromatic rings. The molecule has 0 aliphatic heterocycles. The molecule has 1 N–H and O–H groups in total. The number of carboxylic acid groups (broad SMARTS) is 1. The standard InChI is InChI=1S/C13H25NO4/c1-4-11(5-2)13(17)14(8-6-10-18-3)9-7-12(15)16/h11H,4-10H2,1-3H3,(H,15,16). The molecule has 0 atom stereocenters. The van der Waals surface area contributed by atoms with Crippen molar-refractivity contribution in [3.63, 3.8) is 0 Å². The highest BCUT2D eigenvalue weighted by molar-refractivity contribution is 5.79. The number of amides is 1. The number of carbonyl (C=O) groups excluding carboxylic acids is 1. The van der Waals surface area contributed by atoms with Crippen LogP contribution in [0.5, 0.6) is 0 Å². The summed E-state index contributed by atoms with van der Waals surface area (Å²) < 4.78 is 4.96. The van der Waals surface area contributed by atoms with Gasteiger partial charge in [-0.25, -0.2) is 0 Å². The summed E-state index contributed by atoms with van der Waals surface area (Å²) in [4.78, 5) is 24.5. The Morgan fingerprint density at radius 3 is 2.28 bits per heavy atom. The molecule has 0 saturated carbocycles. The lowest BCUT2D eigenvalue weighted by atomic mass is 10.0. The number of ether oxygens (including phenoxy) is 1. The van der Waals surface area contributed by atoms with Gasteiger partial charge in [-0.3, -0.25) is 9.59 Å². The molecule has 0 aromatic heterocycles. The summed E-state index contributed by atoms with van der Waals surface area (Å²) in [6.07, 6.45) is 2.33. The van der Waals surface area contributed by atoms with E-state index in [1.54, 1.807) is 12.0 Å². The van der Waals surface area contributed by atoms with Crippen molar-refractivity contribution in [1.82, 2.24) is 4.90 Å². The lowest BCUT2D eigenvalue weighted by Gasteiger charge is -2.26. The number of aliphatic carboxylic acids is 1. The van der Waals surface area contributed by atoms with Crippen molar-refractivity contribution in [3.8, 4) is 0 Å². The van der Waals surface area contributed by atoms with Gasteiger partial charge in [-0.05, 0) is 19.3 Å². The Labute approximate surface area is 109 Å². The number of carboxylic acids is 1. The molecule has 0 aromatic carbocycles. The fourth-order valence-corrected chi connectivity index (χ4v) is 1.86. The zero-order chi connectivity index (χ0) is 14.0. The fraction of sp³-hybridized carbons (Fsp3) is 0.846. The van der Waals surface area contributed by atoms with Gasteiger partial charge < -0.3 is 14.7 Å². The van der Waals surface area contributed by atoms with Crippen molar-refractivity contribution < 1.29 is 19.4 Å². The van der Waals surface area contributed by atoms with Crippen LogP contribution in [0.25, 0.3) is 0 Å². The molecule has 0 radical (unpaired) electrons. The average molecular weight is 259 g/mol. The summed E-state index contributed by atoms with van der Waals surface area (Å²) in [6, 6.07) is 0. The Balaban J connectivity index is 4.41. The molecule has 0 aliphatic carbocycles. The Kier molecular flexibility index (Phi) is 9.28. The van der Waals surface area contributed by atoms with Gasteiger partial charge in [-0.1, -0.05) is 13.8 Å². The van der Waals surface area contributed by atoms with Gasteiger partial charge in [0.05, 0.1) is 6.42 Å². The molecule has 0 heterocycles. The third-order valence-electron chi connectivity index (χ3n) is 3.02. The predicted molar refractivity (Wildman–Crippen MR) is 69.4 cm³/mol. The lowest BCUT2D eigenvalue weighted by molar-refractivity contribution is -0.140. The van der Waals surface area contributed by atoms with Gasteiger partial charge in [-0.2, -0.15) is 0 Å². The van der Waals surface area contributed by atoms with E-state index in [0.29, 0.717) is 13.2 Å². The molecule has 0 spiro atoms. The highest BCUT2D eigenvalue weighted by atomic mass is 16.5. The van der Waals surface area contributed by atoms with E-state index in [9.17, 15) is 9.59 Å². The summed E-state index contributed by atoms with van der Waals surface area (Å²) in [7, 11) is 1.62. The van der Waals surface area contributed by atoms with Crippen LogP contribution < -0.4 is 0 Å². The third-order valence-corrected chi connectivity index (χ3v) is 3.02. The first-order valence-corrected chi connectivity index (χ1v) is 6.56. The monoisotopic (exact) mass is 259 g/mol. The Hall–Kier alpha value is -1.10. The summed E-state index contributed by atoms with van der Waals surface area (Å²) in [6.45, 7) is 5.40. The highest BCUT2D eigenvalue weighted by Crippen LogP contribution is 2.12. The molecule has 106 valence electrons. The van der Waals surface area contributed by atoms with Crippen molar-refractivity contribution in [2.75, 3.05) is 26.8 Å². The van der Waals surface area contributed by atoms with Crippen LogP contribution in [0.2, 0.25) is 0 Å². The van der Waals surface area contributed by atoms with E-state index in [1.165, 1.54) is 0 Å². The topological polar surface area (TPSA) is 66.8 Å². The zero-order valence-corrected chi connectivity index (χ0v) is 11.6. The van der Waals surface area contributed by atoms with Crippen LogP contribution >= 0.6 is 0 Å². The molecule has 0 unspecified atom stereocenters. The Bertz CT molecular complexity index is 251. The highest BCUT2D eigenvalue weighted by Gasteiger charge is 2.21. The van der Waals surface area contributed by atoms with Gasteiger partial charge in [0.15, 0.2) is 0 Å². The number of rotatable bonds is 10. The molecular weight excluding hydrogens is 234 g/mol. The minimum Gasteiger partial charge on any atom is -0.481 e. The van der Waals surface area contributed by atoms with Crippen LogP contribution in [0, 0.1) is 5.92 Å². The maximum Gasteiger partial charge on any atom is 0.305 e. The van der Waals surface area contributed by atoms with Crippen molar-refractivity contribution in [1.29, 1.82) is 0 Å². The Morgan fingerprint density at radius 1 is 1.22 bits per heavy atom. The SMILES string of the molecule is CCC(CC)C(=O)N(CCCOC)CCC(=O)O. The van der Waals surface area contributed by atoms with E-state index in [2.05, 4.69) is 0 Å². The second kappa shape index (κ2) is 9.88. The van der Waals surface area contributed by atoms with E-state index < -0.39 is 5.97 Å². The molecule has 0 bridgehead atoms. The normalized spacial score (nSPS) is 10.7. The molecule has 0 aliphatic rings. The molecular formula is C13H25NO4. The molecule has 0 rings (SSSR count). The second-order valence-corrected chi connectivity index (χ2v) is 4.33. The van der Waals surface area contributed by atoms with E-state index in [4.69, 9.17) is 9.84 Å². The van der Waals surface area contributed by atoms with Crippen LogP contribution in [0.3, 0.4) is 0 Å². The van der Waals surface area contributed by atoms with E-state index in [-0.39, 0.29) is 24.8 Å². The van der Waals surface area contributed by atoms with Gasteiger partial charge >= 0.3 is 5.97 Å². The first-order valence-electron chi connectivity index (χ1n) is 6.56. The number of hydrogen-bond acceptors (Lipinski definition) is 3. The van der Waals surface area contributed by atoms with Crippen molar-refractivity contribution in [2.45, 2.75) is 39.5 Å². The lowest BCUT2D eigenvalue weighted by Crippen LogP contribution is -2.38. The molecule has 1 amide bonds. The number of methoxy groups -OCH3 is 1. The van der Waals surface area contributed by atoms with Crippen molar-refractivity contribution in [2.24, 2.45) is 5.92 Å². The third kappa shape index (κ3) is 6.59. The van der Waals surface area contributed by atoms with Gasteiger partial charge in [0.2, 0.25) is 5.91 Å². The summed E-state index contributed by atoms with van der Waals surface area (Å²) in [5.74, 6) is -0.803. The van der Waals surface area contributed by atoms with Crippen LogP contribution in [0.1, 0.15) is 39.5 Å². The van der Waals surface area contributed by atoms with Crippen LogP contribution in [-0.2, 0) is 14.3 Å². The van der Waals surface area contributed by atoms with Gasteiger partial charge in [0.25, 0.3) is 0 Å². The quantitative estimate of drug-likeness (QED) is 0.607. The van der Waals surface area contributed by atoms with Gasteiger partial charge in [0, 0.05) is 32.7 Å². The van der Waals surface area contributed by atoms with Crippen LogP contribution in [0.4, 0.5) is 0 Å². The molecule has 5 heteroatoms. The minimum atomic E-state index is -0.871. The van der Waals surface area contributed by atoms with Crippen molar-refractivity contribution in [3.05, 3.63) is 0 Å². The number of nitrogens with zero attached hydrogens (tertiary/aromatic N) is 1. The van der Waals surface area contributed by atoms with Gasteiger partial charge in [0.1, 0.15) is 0 Å². The minimum absolute atomic E-state index is 0.00112. The first-order chi connectivity index (χ1) is 8.56. The summed E-state index contributed by atoms with van der Waals surface area (Å²) in [5.41, 5.74) is 0. The molecule has 18 heavy (non-hydrogen) atoms. The van der Waals surface area contributed by atoms with Crippen LogP contribution in [-0.4, -0.2) is 48.7 Å². The maximum absolute atomic E-state index is 12.2. The van der Waals surface area contributed by atoms with E-state index >= 15 is 0 Å². The average Bonchev–Trinajstić information content (AvgIpc) is 2.34. The largest absolute Gasteiger partial charge is 0.481 e. The van der Waals surface area contributed by atoms with E-state index in [1.807, 2.05) is 13.8 Å². The molecule has 0 fully saturated rings. The fourth-order valence-electron chi connectivity index (χ4n) is 1.86. The maximum atomic E-state index is 12.2. The zero-order valence-electron chi connectivity index (χ0n) is 11.6. The number of carbonyl (C=O) groups is 2. The first kappa shape index (κ1) is 16.9. The second-order valence-electron chi connectivity index (χ2n) is 4.33. The molecule has 5 nitrogen and oxygen atoms in total. The Morgan fingerprint density at radius 2 is 1.83 bits per heavy atom. The number of hydrogen-bond donors (Lipinski definition) is 1. The summed E-state index contributed by atoms with van der Waals surface area (Å²) in [5, 5.41) is 8.71. The smallest absolute Gasteiger partial charge is 0.305 e. The van der Waals surface area contributed by atoms with Crippen LogP contribution in [0.15, 0.2) is 0 Å². The predicted octanol–water partition coefficient (Wildman–Crippen LogP) is 1.76. The summed E-state index contributed by atoms with van der Waals surface area (Å²) >= 11 is 0. The van der Waals surface area contributed by atoms with Crippen molar-refractivity contribution >= 4 is 11.9 Å². The van der Waals surface area contributed by atoms with Gasteiger partial charge in [-0.15, -0.1) is 0 Å². The van der Waals surface area contributed by atoms with E-state index in [0.717, 1.165) is 19.3 Å². The molecule has 0 saturated heterocycles.